The number of aliphatic carboxylic acids is 1. The van der Waals surface area contributed by atoms with E-state index >= 15 is 0 Å². The summed E-state index contributed by atoms with van der Waals surface area (Å²) >= 11 is 6.14. The Morgan fingerprint density at radius 3 is 3.00 bits per heavy atom. The van der Waals surface area contributed by atoms with Gasteiger partial charge in [-0.3, -0.25) is 4.90 Å². The number of hydrogen-bond donors (Lipinski definition) is 1. The standard InChI is InChI=1S/C18H21ClN2O4/c1-12-8-15(20-25-12)16-4-2-3-7-21(16)10-13-9-14(19)5-6-17(13)24-11-18(22)23/h5-6,8-9,16H,2-4,7,10-11H2,1H3,(H,22,23)/t16-/m0/s1. The van der Waals surface area contributed by atoms with Gasteiger partial charge in [-0.15, -0.1) is 0 Å². The molecule has 0 unspecified atom stereocenters. The van der Waals surface area contributed by atoms with Gasteiger partial charge in [-0.25, -0.2) is 4.79 Å². The Labute approximate surface area is 151 Å². The molecule has 2 heterocycles. The number of piperidine rings is 1. The molecule has 1 atom stereocenters. The number of nitrogens with zero attached hydrogens (tertiary/aromatic N) is 2. The van der Waals surface area contributed by atoms with Crippen molar-refractivity contribution in [3.63, 3.8) is 0 Å². The third-order valence-corrected chi connectivity index (χ3v) is 4.58. The van der Waals surface area contributed by atoms with Crippen LogP contribution in [0.15, 0.2) is 28.8 Å². The Hall–Kier alpha value is -2.05. The van der Waals surface area contributed by atoms with Gasteiger partial charge in [-0.05, 0) is 44.5 Å². The van der Waals surface area contributed by atoms with Crippen molar-refractivity contribution in [2.75, 3.05) is 13.2 Å². The third kappa shape index (κ3) is 4.52. The Morgan fingerprint density at radius 1 is 1.44 bits per heavy atom. The molecular formula is C18H21ClN2O4. The monoisotopic (exact) mass is 364 g/mol. The van der Waals surface area contributed by atoms with Crippen molar-refractivity contribution in [2.24, 2.45) is 0 Å². The van der Waals surface area contributed by atoms with Gasteiger partial charge in [0.05, 0.1) is 6.04 Å². The minimum atomic E-state index is -1.00. The Morgan fingerprint density at radius 2 is 2.28 bits per heavy atom. The zero-order chi connectivity index (χ0) is 17.8. The number of hydrogen-bond acceptors (Lipinski definition) is 5. The number of aromatic nitrogens is 1. The van der Waals surface area contributed by atoms with Crippen LogP contribution in [0.4, 0.5) is 0 Å². The van der Waals surface area contributed by atoms with E-state index in [2.05, 4.69) is 10.1 Å². The molecule has 0 saturated carbocycles. The SMILES string of the molecule is Cc1cc([C@@H]2CCCCN2Cc2cc(Cl)ccc2OCC(=O)O)no1. The molecule has 1 aliphatic rings. The maximum absolute atomic E-state index is 10.8. The lowest BCUT2D eigenvalue weighted by molar-refractivity contribution is -0.139. The van der Waals surface area contributed by atoms with Crippen LogP contribution in [0.3, 0.4) is 0 Å². The van der Waals surface area contributed by atoms with E-state index in [9.17, 15) is 4.79 Å². The van der Waals surface area contributed by atoms with Gasteiger partial charge in [0.15, 0.2) is 6.61 Å². The van der Waals surface area contributed by atoms with Gasteiger partial charge in [-0.2, -0.15) is 0 Å². The van der Waals surface area contributed by atoms with E-state index in [1.807, 2.05) is 19.1 Å². The lowest BCUT2D eigenvalue weighted by Gasteiger charge is -2.34. The van der Waals surface area contributed by atoms with Crippen LogP contribution in [0, 0.1) is 6.92 Å². The first-order valence-corrected chi connectivity index (χ1v) is 8.71. The van der Waals surface area contributed by atoms with Crippen molar-refractivity contribution in [3.05, 3.63) is 46.3 Å². The fourth-order valence-corrected chi connectivity index (χ4v) is 3.42. The predicted octanol–water partition coefficient (Wildman–Crippen LogP) is 3.83. The quantitative estimate of drug-likeness (QED) is 0.839. The van der Waals surface area contributed by atoms with Gasteiger partial charge in [0.25, 0.3) is 0 Å². The lowest BCUT2D eigenvalue weighted by atomic mass is 9.98. The summed E-state index contributed by atoms with van der Waals surface area (Å²) in [5.74, 6) is 0.344. The highest BCUT2D eigenvalue weighted by Gasteiger charge is 2.27. The van der Waals surface area contributed by atoms with Crippen LogP contribution >= 0.6 is 11.6 Å². The first kappa shape index (κ1) is 17.8. The smallest absolute Gasteiger partial charge is 0.341 e. The van der Waals surface area contributed by atoms with Crippen LogP contribution in [0.1, 0.15) is 42.3 Å². The van der Waals surface area contributed by atoms with Crippen molar-refractivity contribution in [1.82, 2.24) is 10.1 Å². The topological polar surface area (TPSA) is 75.8 Å². The summed E-state index contributed by atoms with van der Waals surface area (Å²) in [6.07, 6.45) is 3.27. The first-order valence-electron chi connectivity index (χ1n) is 8.33. The predicted molar refractivity (Wildman–Crippen MR) is 92.8 cm³/mol. The van der Waals surface area contributed by atoms with Crippen molar-refractivity contribution >= 4 is 17.6 Å². The lowest BCUT2D eigenvalue weighted by Crippen LogP contribution is -2.33. The van der Waals surface area contributed by atoms with E-state index in [1.165, 1.54) is 0 Å². The maximum atomic E-state index is 10.8. The largest absolute Gasteiger partial charge is 0.482 e. The van der Waals surface area contributed by atoms with Crippen molar-refractivity contribution in [1.29, 1.82) is 0 Å². The minimum absolute atomic E-state index is 0.178. The van der Waals surface area contributed by atoms with Gasteiger partial charge >= 0.3 is 5.97 Å². The van der Waals surface area contributed by atoms with E-state index in [0.29, 0.717) is 17.3 Å². The molecule has 1 aromatic carbocycles. The summed E-state index contributed by atoms with van der Waals surface area (Å²) in [7, 11) is 0. The fourth-order valence-electron chi connectivity index (χ4n) is 3.23. The van der Waals surface area contributed by atoms with Gasteiger partial charge in [0.2, 0.25) is 0 Å². The molecular weight excluding hydrogens is 344 g/mol. The van der Waals surface area contributed by atoms with Crippen LogP contribution < -0.4 is 4.74 Å². The van der Waals surface area contributed by atoms with E-state index in [4.69, 9.17) is 26.0 Å². The molecule has 2 aromatic rings. The molecule has 25 heavy (non-hydrogen) atoms. The summed E-state index contributed by atoms with van der Waals surface area (Å²) in [6.45, 7) is 3.06. The summed E-state index contributed by atoms with van der Waals surface area (Å²) in [5.41, 5.74) is 1.81. The number of aryl methyl sites for hydroxylation is 1. The zero-order valence-corrected chi connectivity index (χ0v) is 14.8. The van der Waals surface area contributed by atoms with E-state index < -0.39 is 5.97 Å². The number of halogens is 1. The minimum Gasteiger partial charge on any atom is -0.482 e. The number of benzene rings is 1. The molecule has 3 rings (SSSR count). The van der Waals surface area contributed by atoms with Gasteiger partial charge in [-0.1, -0.05) is 23.2 Å². The molecule has 0 amide bonds. The van der Waals surface area contributed by atoms with Crippen LogP contribution in [-0.4, -0.2) is 34.3 Å². The Balaban J connectivity index is 1.81. The Bertz CT molecular complexity index is 746. The first-order chi connectivity index (χ1) is 12.0. The summed E-state index contributed by atoms with van der Waals surface area (Å²) in [4.78, 5) is 13.1. The molecule has 6 nitrogen and oxygen atoms in total. The van der Waals surface area contributed by atoms with Crippen LogP contribution in [0.25, 0.3) is 0 Å². The molecule has 0 spiro atoms. The second-order valence-electron chi connectivity index (χ2n) is 6.28. The highest BCUT2D eigenvalue weighted by molar-refractivity contribution is 6.30. The van der Waals surface area contributed by atoms with E-state index in [0.717, 1.165) is 42.8 Å². The molecule has 1 N–H and O–H groups in total. The summed E-state index contributed by atoms with van der Waals surface area (Å²) in [6, 6.07) is 7.41. The van der Waals surface area contributed by atoms with Crippen LogP contribution in [0.2, 0.25) is 5.02 Å². The number of carboxylic acids is 1. The van der Waals surface area contributed by atoms with Gasteiger partial charge in [0, 0.05) is 23.2 Å². The molecule has 1 saturated heterocycles. The molecule has 7 heteroatoms. The average Bonchev–Trinajstić information content (AvgIpc) is 3.01. The normalized spacial score (nSPS) is 18.2. The number of carbonyl (C=O) groups is 1. The zero-order valence-electron chi connectivity index (χ0n) is 14.1. The molecule has 0 aliphatic carbocycles. The van der Waals surface area contributed by atoms with Crippen molar-refractivity contribution < 1.29 is 19.2 Å². The van der Waals surface area contributed by atoms with Crippen molar-refractivity contribution in [3.8, 4) is 5.75 Å². The maximum Gasteiger partial charge on any atom is 0.341 e. The Kier molecular flexibility index (Phi) is 5.60. The molecule has 134 valence electrons. The molecule has 0 bridgehead atoms. The van der Waals surface area contributed by atoms with E-state index in [-0.39, 0.29) is 12.6 Å². The molecule has 1 aliphatic heterocycles. The highest BCUT2D eigenvalue weighted by Crippen LogP contribution is 2.34. The van der Waals surface area contributed by atoms with Gasteiger partial charge < -0.3 is 14.4 Å². The number of likely N-dealkylation sites (tertiary alicyclic amines) is 1. The number of rotatable bonds is 6. The molecule has 1 aromatic heterocycles. The molecule has 0 radical (unpaired) electrons. The fraction of sp³-hybridized carbons (Fsp3) is 0.444. The summed E-state index contributed by atoms with van der Waals surface area (Å²) < 4.78 is 10.7. The van der Waals surface area contributed by atoms with Crippen LogP contribution in [-0.2, 0) is 11.3 Å². The summed E-state index contributed by atoms with van der Waals surface area (Å²) in [5, 5.41) is 13.6. The highest BCUT2D eigenvalue weighted by atomic mass is 35.5. The second kappa shape index (κ2) is 7.89. The second-order valence-corrected chi connectivity index (χ2v) is 6.72. The van der Waals surface area contributed by atoms with Crippen LogP contribution in [0.5, 0.6) is 5.75 Å². The van der Waals surface area contributed by atoms with E-state index in [1.54, 1.807) is 12.1 Å². The van der Waals surface area contributed by atoms with Crippen molar-refractivity contribution in [2.45, 2.75) is 38.8 Å². The van der Waals surface area contributed by atoms with Gasteiger partial charge in [0.1, 0.15) is 17.2 Å². The number of carboxylic acid groups (broad SMARTS) is 1. The molecule has 1 fully saturated rings. The average molecular weight is 365 g/mol. The number of ether oxygens (including phenoxy) is 1. The third-order valence-electron chi connectivity index (χ3n) is 4.35.